The van der Waals surface area contributed by atoms with Gasteiger partial charge in [-0.15, -0.1) is 0 Å². The molecule has 3 heteroatoms. The molecule has 0 saturated heterocycles. The Labute approximate surface area is 119 Å². The number of benzene rings is 1. The normalized spacial score (nSPS) is 15.2. The molecule has 0 amide bonds. The van der Waals surface area contributed by atoms with E-state index in [0.29, 0.717) is 0 Å². The zero-order valence-electron chi connectivity index (χ0n) is 11.2. The minimum atomic E-state index is -0.806. The molecule has 0 unspecified atom stereocenters. The Hall–Kier alpha value is -1.28. The summed E-state index contributed by atoms with van der Waals surface area (Å²) in [6.07, 6.45) is 7.30. The number of rotatable bonds is 4. The monoisotopic (exact) mass is 278 g/mol. The van der Waals surface area contributed by atoms with E-state index in [9.17, 15) is 4.79 Å². The fourth-order valence-electron chi connectivity index (χ4n) is 2.66. The van der Waals surface area contributed by atoms with Gasteiger partial charge in [-0.3, -0.25) is 4.79 Å². The van der Waals surface area contributed by atoms with Crippen molar-refractivity contribution < 1.29 is 9.90 Å². The van der Waals surface area contributed by atoms with E-state index >= 15 is 0 Å². The second kappa shape index (κ2) is 6.25. The number of halogens is 1. The Morgan fingerprint density at radius 2 is 1.95 bits per heavy atom. The highest BCUT2D eigenvalue weighted by Gasteiger charge is 2.14. The highest BCUT2D eigenvalue weighted by Crippen LogP contribution is 2.32. The van der Waals surface area contributed by atoms with E-state index < -0.39 is 5.97 Å². The fraction of sp³-hybridized carbons (Fsp3) is 0.438. The molecule has 0 fully saturated rings. The van der Waals surface area contributed by atoms with E-state index in [0.717, 1.165) is 35.4 Å². The van der Waals surface area contributed by atoms with Crippen molar-refractivity contribution in [1.82, 2.24) is 0 Å². The molecule has 1 aliphatic rings. The van der Waals surface area contributed by atoms with Crippen LogP contribution in [0.4, 0.5) is 0 Å². The number of aliphatic carboxylic acids is 1. The number of carboxylic acid groups (broad SMARTS) is 1. The minimum Gasteiger partial charge on any atom is -0.481 e. The van der Waals surface area contributed by atoms with Gasteiger partial charge in [-0.2, -0.15) is 0 Å². The lowest BCUT2D eigenvalue weighted by Crippen LogP contribution is -2.04. The third-order valence-corrected chi connectivity index (χ3v) is 3.99. The topological polar surface area (TPSA) is 37.3 Å². The molecule has 1 aromatic carbocycles. The molecule has 1 aliphatic carbocycles. The third-order valence-electron chi connectivity index (χ3n) is 3.68. The Morgan fingerprint density at radius 3 is 2.53 bits per heavy atom. The quantitative estimate of drug-likeness (QED) is 0.881. The molecule has 0 atom stereocenters. The summed E-state index contributed by atoms with van der Waals surface area (Å²) in [5.74, 6) is -0.806. The summed E-state index contributed by atoms with van der Waals surface area (Å²) in [6.45, 7) is 2.03. The average molecular weight is 279 g/mol. The first kappa shape index (κ1) is 14.1. The van der Waals surface area contributed by atoms with Crippen LogP contribution in [0.3, 0.4) is 0 Å². The first-order valence-electron chi connectivity index (χ1n) is 6.84. The minimum absolute atomic E-state index is 0.0522. The van der Waals surface area contributed by atoms with Crippen molar-refractivity contribution in [2.75, 3.05) is 0 Å². The molecule has 1 aromatic rings. The Morgan fingerprint density at radius 1 is 1.32 bits per heavy atom. The summed E-state index contributed by atoms with van der Waals surface area (Å²) >= 11 is 6.36. The van der Waals surface area contributed by atoms with Gasteiger partial charge in [-0.05, 0) is 66.5 Å². The lowest BCUT2D eigenvalue weighted by molar-refractivity contribution is -0.135. The lowest BCUT2D eigenvalue weighted by atomic mass is 9.88. The molecule has 0 radical (unpaired) electrons. The van der Waals surface area contributed by atoms with Crippen LogP contribution in [-0.2, 0) is 17.6 Å². The molecule has 0 aromatic heterocycles. The van der Waals surface area contributed by atoms with Crippen molar-refractivity contribution in [2.24, 2.45) is 0 Å². The van der Waals surface area contributed by atoms with Gasteiger partial charge < -0.3 is 5.11 Å². The maximum Gasteiger partial charge on any atom is 0.307 e. The van der Waals surface area contributed by atoms with Gasteiger partial charge >= 0.3 is 5.97 Å². The molecule has 2 nitrogen and oxygen atoms in total. The molecule has 0 aliphatic heterocycles. The molecule has 19 heavy (non-hydrogen) atoms. The number of allylic oxidation sites excluding steroid dienone is 1. The molecule has 1 N–H and O–H groups in total. The smallest absolute Gasteiger partial charge is 0.307 e. The molecule has 0 saturated carbocycles. The SMILES string of the molecule is CC/C(=C\CC(=O)O)c1cc2c(cc1Cl)CCCC2. The molecule has 0 spiro atoms. The largest absolute Gasteiger partial charge is 0.481 e. The molecular formula is C16H19ClO2. The maximum atomic E-state index is 10.7. The van der Waals surface area contributed by atoms with Crippen LogP contribution in [0.25, 0.3) is 5.57 Å². The third kappa shape index (κ3) is 3.38. The number of hydrogen-bond donors (Lipinski definition) is 1. The van der Waals surface area contributed by atoms with Crippen molar-refractivity contribution in [1.29, 1.82) is 0 Å². The summed E-state index contributed by atoms with van der Waals surface area (Å²) in [7, 11) is 0. The second-order valence-electron chi connectivity index (χ2n) is 4.99. The number of hydrogen-bond acceptors (Lipinski definition) is 1. The summed E-state index contributed by atoms with van der Waals surface area (Å²) < 4.78 is 0. The van der Waals surface area contributed by atoms with Crippen molar-refractivity contribution in [3.8, 4) is 0 Å². The van der Waals surface area contributed by atoms with Gasteiger partial charge in [0.25, 0.3) is 0 Å². The number of carboxylic acids is 1. The molecular weight excluding hydrogens is 260 g/mol. The van der Waals surface area contributed by atoms with E-state index in [1.54, 1.807) is 6.08 Å². The van der Waals surface area contributed by atoms with E-state index in [2.05, 4.69) is 12.1 Å². The first-order valence-corrected chi connectivity index (χ1v) is 7.22. The molecule has 0 bridgehead atoms. The van der Waals surface area contributed by atoms with Gasteiger partial charge in [0.15, 0.2) is 0 Å². The van der Waals surface area contributed by atoms with Crippen molar-refractivity contribution >= 4 is 23.1 Å². The number of carbonyl (C=O) groups is 1. The van der Waals surface area contributed by atoms with E-state index in [1.165, 1.54) is 24.0 Å². The van der Waals surface area contributed by atoms with Gasteiger partial charge in [-0.1, -0.05) is 24.6 Å². The van der Waals surface area contributed by atoms with E-state index in [-0.39, 0.29) is 6.42 Å². The second-order valence-corrected chi connectivity index (χ2v) is 5.40. The van der Waals surface area contributed by atoms with Gasteiger partial charge in [0.2, 0.25) is 0 Å². The van der Waals surface area contributed by atoms with Crippen LogP contribution in [0.2, 0.25) is 5.02 Å². The standard InChI is InChI=1S/C16H19ClO2/c1-2-11(7-8-16(18)19)14-9-12-5-3-4-6-13(12)10-15(14)17/h7,9-10H,2-6,8H2,1H3,(H,18,19)/b11-7+. The van der Waals surface area contributed by atoms with Gasteiger partial charge in [-0.25, -0.2) is 0 Å². The predicted molar refractivity (Wildman–Crippen MR) is 78.6 cm³/mol. The van der Waals surface area contributed by atoms with Crippen molar-refractivity contribution in [2.45, 2.75) is 45.4 Å². The predicted octanol–water partition coefficient (Wildman–Crippen LogP) is 4.49. The molecule has 102 valence electrons. The van der Waals surface area contributed by atoms with Crippen LogP contribution in [0.1, 0.15) is 49.3 Å². The van der Waals surface area contributed by atoms with Gasteiger partial charge in [0, 0.05) is 5.02 Å². The van der Waals surface area contributed by atoms with Crippen LogP contribution in [0.5, 0.6) is 0 Å². The zero-order valence-corrected chi connectivity index (χ0v) is 12.0. The van der Waals surface area contributed by atoms with Crippen LogP contribution in [0.15, 0.2) is 18.2 Å². The zero-order chi connectivity index (χ0) is 13.8. The van der Waals surface area contributed by atoms with E-state index in [1.807, 2.05) is 6.92 Å². The fourth-order valence-corrected chi connectivity index (χ4v) is 2.96. The highest BCUT2D eigenvalue weighted by atomic mass is 35.5. The van der Waals surface area contributed by atoms with Gasteiger partial charge in [0.05, 0.1) is 6.42 Å². The summed E-state index contributed by atoms with van der Waals surface area (Å²) in [6, 6.07) is 4.23. The summed E-state index contributed by atoms with van der Waals surface area (Å²) in [5, 5.41) is 9.54. The maximum absolute atomic E-state index is 10.7. The van der Waals surface area contributed by atoms with Crippen LogP contribution in [0, 0.1) is 0 Å². The number of fused-ring (bicyclic) bond motifs is 1. The highest BCUT2D eigenvalue weighted by molar-refractivity contribution is 6.32. The lowest BCUT2D eigenvalue weighted by Gasteiger charge is -2.19. The molecule has 2 rings (SSSR count). The van der Waals surface area contributed by atoms with Crippen LogP contribution < -0.4 is 0 Å². The Balaban J connectivity index is 2.37. The summed E-state index contributed by atoms with van der Waals surface area (Å²) in [4.78, 5) is 10.7. The van der Waals surface area contributed by atoms with Crippen molar-refractivity contribution in [3.63, 3.8) is 0 Å². The number of aryl methyl sites for hydroxylation is 2. The first-order chi connectivity index (χ1) is 9.11. The van der Waals surface area contributed by atoms with Crippen LogP contribution >= 0.6 is 11.6 Å². The van der Waals surface area contributed by atoms with Crippen LogP contribution in [-0.4, -0.2) is 11.1 Å². The average Bonchev–Trinajstić information content (AvgIpc) is 2.39. The Kier molecular flexibility index (Phi) is 4.65. The van der Waals surface area contributed by atoms with E-state index in [4.69, 9.17) is 16.7 Å². The molecule has 0 heterocycles. The summed E-state index contributed by atoms with van der Waals surface area (Å²) in [5.41, 5.74) is 4.76. The van der Waals surface area contributed by atoms with Crippen molar-refractivity contribution in [3.05, 3.63) is 39.9 Å². The Bertz CT molecular complexity index is 518. The van der Waals surface area contributed by atoms with Gasteiger partial charge in [0.1, 0.15) is 0 Å².